The Morgan fingerprint density at radius 1 is 1.03 bits per heavy atom. The van der Waals surface area contributed by atoms with Gasteiger partial charge in [0.2, 0.25) is 16.0 Å². The van der Waals surface area contributed by atoms with Gasteiger partial charge in [-0.3, -0.25) is 4.98 Å². The molecule has 13 heteroatoms. The van der Waals surface area contributed by atoms with Gasteiger partial charge in [-0.1, -0.05) is 23.7 Å². The lowest BCUT2D eigenvalue weighted by molar-refractivity contribution is 0.387. The molecule has 0 bridgehead atoms. The van der Waals surface area contributed by atoms with E-state index in [-0.39, 0.29) is 18.4 Å². The van der Waals surface area contributed by atoms with Crippen molar-refractivity contribution < 1.29 is 8.42 Å². The summed E-state index contributed by atoms with van der Waals surface area (Å²) in [5.74, 6) is 2.24. The van der Waals surface area contributed by atoms with Gasteiger partial charge >= 0.3 is 0 Å². The van der Waals surface area contributed by atoms with Crippen molar-refractivity contribution in [2.45, 2.75) is 13.0 Å². The Morgan fingerprint density at radius 3 is 2.35 bits per heavy atom. The van der Waals surface area contributed by atoms with E-state index in [2.05, 4.69) is 25.6 Å². The van der Waals surface area contributed by atoms with E-state index in [1.54, 1.807) is 18.6 Å². The first-order valence-electron chi connectivity index (χ1n) is 10.4. The molecule has 2 N–H and O–H groups in total. The first-order valence-corrected chi connectivity index (χ1v) is 12.6. The van der Waals surface area contributed by atoms with Crippen molar-refractivity contribution in [1.82, 2.24) is 24.2 Å². The van der Waals surface area contributed by atoms with E-state index in [0.717, 1.165) is 5.56 Å². The number of anilines is 4. The van der Waals surface area contributed by atoms with E-state index in [1.165, 1.54) is 10.6 Å². The molecule has 1 aliphatic rings. The van der Waals surface area contributed by atoms with Gasteiger partial charge in [-0.25, -0.2) is 13.4 Å². The van der Waals surface area contributed by atoms with Crippen LogP contribution in [0.5, 0.6) is 0 Å². The van der Waals surface area contributed by atoms with Crippen molar-refractivity contribution in [3.63, 3.8) is 0 Å². The zero-order valence-corrected chi connectivity index (χ0v) is 21.1. The van der Waals surface area contributed by atoms with E-state index in [4.69, 9.17) is 16.6 Å². The molecule has 3 aromatic rings. The van der Waals surface area contributed by atoms with Crippen LogP contribution < -0.4 is 15.5 Å². The number of benzene rings is 1. The van der Waals surface area contributed by atoms with Crippen molar-refractivity contribution in [3.8, 4) is 0 Å². The molecule has 1 aromatic carbocycles. The quantitative estimate of drug-likeness (QED) is 0.479. The van der Waals surface area contributed by atoms with E-state index in [9.17, 15) is 8.42 Å². The normalized spacial score (nSPS) is 15.3. The maximum absolute atomic E-state index is 11.9. The first-order chi connectivity index (χ1) is 15.8. The number of halogens is 2. The predicted octanol–water partition coefficient (Wildman–Crippen LogP) is 3.34. The van der Waals surface area contributed by atoms with Gasteiger partial charge in [-0.15, -0.1) is 12.4 Å². The molecule has 182 valence electrons. The summed E-state index contributed by atoms with van der Waals surface area (Å²) in [4.78, 5) is 19.7. The van der Waals surface area contributed by atoms with Crippen LogP contribution in [0.3, 0.4) is 0 Å². The van der Waals surface area contributed by atoms with Crippen LogP contribution in [0.15, 0.2) is 48.9 Å². The van der Waals surface area contributed by atoms with Gasteiger partial charge in [0, 0.05) is 49.7 Å². The smallest absolute Gasteiger partial charge is 0.227 e. The maximum atomic E-state index is 11.9. The lowest BCUT2D eigenvalue weighted by Crippen LogP contribution is -2.48. The summed E-state index contributed by atoms with van der Waals surface area (Å²) >= 11 is 6.01. The summed E-state index contributed by atoms with van der Waals surface area (Å²) in [6.45, 7) is 3.88. The predicted molar refractivity (Wildman–Crippen MR) is 137 cm³/mol. The largest absolute Gasteiger partial charge is 0.354 e. The Bertz CT molecular complexity index is 1190. The van der Waals surface area contributed by atoms with Crippen LogP contribution in [-0.4, -0.2) is 65.1 Å². The topological polar surface area (TPSA) is 116 Å². The number of nitrogens with one attached hydrogen (secondary N) is 2. The molecule has 34 heavy (non-hydrogen) atoms. The van der Waals surface area contributed by atoms with Crippen LogP contribution in [-0.2, 0) is 10.0 Å². The summed E-state index contributed by atoms with van der Waals surface area (Å²) in [6.07, 6.45) is 6.03. The Labute approximate surface area is 210 Å². The van der Waals surface area contributed by atoms with E-state index in [1.807, 2.05) is 42.2 Å². The molecule has 1 unspecified atom stereocenters. The number of hydrogen-bond donors (Lipinski definition) is 2. The minimum absolute atomic E-state index is 0. The highest BCUT2D eigenvalue weighted by atomic mass is 35.5. The molecule has 1 saturated heterocycles. The summed E-state index contributed by atoms with van der Waals surface area (Å²) in [5, 5.41) is 7.18. The lowest BCUT2D eigenvalue weighted by Gasteiger charge is -2.34. The fraction of sp³-hybridized carbons (Fsp3) is 0.333. The third kappa shape index (κ3) is 6.66. The number of nitrogens with zero attached hydrogens (tertiary/aromatic N) is 6. The van der Waals surface area contributed by atoms with Gasteiger partial charge in [0.15, 0.2) is 0 Å². The highest BCUT2D eigenvalue weighted by Gasteiger charge is 2.25. The van der Waals surface area contributed by atoms with Gasteiger partial charge in [-0.2, -0.15) is 14.3 Å². The molecule has 1 fully saturated rings. The van der Waals surface area contributed by atoms with Crippen molar-refractivity contribution in [1.29, 1.82) is 0 Å². The molecule has 0 saturated carbocycles. The Morgan fingerprint density at radius 2 is 1.74 bits per heavy atom. The fourth-order valence-corrected chi connectivity index (χ4v) is 4.45. The van der Waals surface area contributed by atoms with Crippen molar-refractivity contribution in [2.75, 3.05) is 48.0 Å². The van der Waals surface area contributed by atoms with Crippen LogP contribution in [0.1, 0.15) is 18.5 Å². The van der Waals surface area contributed by atoms with Gasteiger partial charge in [-0.05, 0) is 24.6 Å². The van der Waals surface area contributed by atoms with Crippen molar-refractivity contribution in [3.05, 3.63) is 59.5 Å². The highest BCUT2D eigenvalue weighted by molar-refractivity contribution is 7.88. The second kappa shape index (κ2) is 11.1. The van der Waals surface area contributed by atoms with Gasteiger partial charge < -0.3 is 15.5 Å². The summed E-state index contributed by atoms with van der Waals surface area (Å²) in [5.41, 5.74) is 1.04. The van der Waals surface area contributed by atoms with Crippen LogP contribution >= 0.6 is 24.0 Å². The molecule has 1 aliphatic heterocycles. The zero-order chi connectivity index (χ0) is 23.4. The van der Waals surface area contributed by atoms with E-state index >= 15 is 0 Å². The molecule has 0 spiro atoms. The van der Waals surface area contributed by atoms with E-state index in [0.29, 0.717) is 54.6 Å². The molecular formula is C21H26Cl2N8O2S. The summed E-state index contributed by atoms with van der Waals surface area (Å²) < 4.78 is 25.2. The minimum atomic E-state index is -3.21. The molecule has 3 heterocycles. The number of sulfonamides is 1. The molecule has 2 aromatic heterocycles. The zero-order valence-electron chi connectivity index (χ0n) is 18.7. The van der Waals surface area contributed by atoms with Crippen LogP contribution in [0.2, 0.25) is 5.02 Å². The SMILES string of the molecule is CC(Nc1nc(Nc2cnccn2)cc(N2CCN(S(C)(=O)=O)CC2)n1)c1ccc(Cl)cc1.Cl. The Balaban J connectivity index is 0.00000324. The molecule has 0 amide bonds. The number of rotatable bonds is 7. The first kappa shape index (κ1) is 25.9. The monoisotopic (exact) mass is 524 g/mol. The average molecular weight is 525 g/mol. The highest BCUT2D eigenvalue weighted by Crippen LogP contribution is 2.25. The second-order valence-corrected chi connectivity index (χ2v) is 10.1. The third-order valence-corrected chi connectivity index (χ3v) is 6.83. The van der Waals surface area contributed by atoms with E-state index < -0.39 is 10.0 Å². The summed E-state index contributed by atoms with van der Waals surface area (Å²) in [7, 11) is -3.21. The molecule has 1 atom stereocenters. The average Bonchev–Trinajstić information content (AvgIpc) is 2.79. The van der Waals surface area contributed by atoms with Crippen molar-refractivity contribution >= 4 is 57.4 Å². The molecule has 0 radical (unpaired) electrons. The van der Waals surface area contributed by atoms with Crippen LogP contribution in [0.4, 0.5) is 23.4 Å². The number of aromatic nitrogens is 4. The van der Waals surface area contributed by atoms with Gasteiger partial charge in [0.05, 0.1) is 18.5 Å². The minimum Gasteiger partial charge on any atom is -0.354 e. The molecule has 10 nitrogen and oxygen atoms in total. The molecule has 0 aliphatic carbocycles. The Hall–Kier alpha value is -2.73. The van der Waals surface area contributed by atoms with Crippen LogP contribution in [0, 0.1) is 0 Å². The number of piperazine rings is 1. The maximum Gasteiger partial charge on any atom is 0.227 e. The van der Waals surface area contributed by atoms with Gasteiger partial charge in [0.25, 0.3) is 0 Å². The lowest BCUT2D eigenvalue weighted by atomic mass is 10.1. The molecular weight excluding hydrogens is 499 g/mol. The van der Waals surface area contributed by atoms with Gasteiger partial charge in [0.1, 0.15) is 17.5 Å². The Kier molecular flexibility index (Phi) is 8.47. The third-order valence-electron chi connectivity index (χ3n) is 5.28. The standard InChI is InChI=1S/C21H25ClN8O2S.ClH/c1-15(16-3-5-17(22)6-4-16)25-21-27-18(26-19-14-23-7-8-24-19)13-20(28-21)29-9-11-30(12-10-29)33(2,31)32;/h3-8,13-15H,9-12H2,1-2H3,(H2,24,25,26,27,28);1H. The number of hydrogen-bond acceptors (Lipinski definition) is 9. The van der Waals surface area contributed by atoms with Crippen molar-refractivity contribution in [2.24, 2.45) is 0 Å². The fourth-order valence-electron chi connectivity index (χ4n) is 3.50. The summed E-state index contributed by atoms with van der Waals surface area (Å²) in [6, 6.07) is 9.34. The second-order valence-electron chi connectivity index (χ2n) is 7.72. The van der Waals surface area contributed by atoms with Crippen LogP contribution in [0.25, 0.3) is 0 Å². The molecule has 4 rings (SSSR count).